The van der Waals surface area contributed by atoms with Gasteiger partial charge in [-0.1, -0.05) is 5.57 Å². The number of nitrogens with two attached hydrogens (primary N) is 1. The van der Waals surface area contributed by atoms with Crippen molar-refractivity contribution in [3.8, 4) is 0 Å². The van der Waals surface area contributed by atoms with E-state index in [0.717, 1.165) is 5.92 Å². The Morgan fingerprint density at radius 3 is 3.00 bits per heavy atom. The van der Waals surface area contributed by atoms with Crippen LogP contribution in [0.5, 0.6) is 0 Å². The second kappa shape index (κ2) is 5.89. The van der Waals surface area contributed by atoms with Crippen molar-refractivity contribution in [2.45, 2.75) is 38.1 Å². The van der Waals surface area contributed by atoms with E-state index in [1.165, 1.54) is 43.3 Å². The average Bonchev–Trinajstić information content (AvgIpc) is 2.90. The quantitative estimate of drug-likeness (QED) is 0.414. The van der Waals surface area contributed by atoms with Crippen molar-refractivity contribution < 1.29 is 14.1 Å². The number of fused-ring (bicyclic) bond motifs is 2. The van der Waals surface area contributed by atoms with Gasteiger partial charge in [0.1, 0.15) is 6.04 Å². The maximum absolute atomic E-state index is 10.5. The number of carboxylic acid groups (broad SMARTS) is 1. The molecule has 2 atom stereocenters. The summed E-state index contributed by atoms with van der Waals surface area (Å²) in [7, 11) is 0. The first-order chi connectivity index (χ1) is 8.16. The summed E-state index contributed by atoms with van der Waals surface area (Å²) in [5.41, 5.74) is 8.48. The van der Waals surface area contributed by atoms with Crippen LogP contribution in [-0.4, -0.2) is 29.5 Å². The van der Waals surface area contributed by atoms with Gasteiger partial charge in [-0.25, -0.2) is 0 Å². The van der Waals surface area contributed by atoms with Crippen LogP contribution in [0.25, 0.3) is 0 Å². The Morgan fingerprint density at radius 2 is 2.41 bits per heavy atom. The summed E-state index contributed by atoms with van der Waals surface area (Å²) in [5, 5.41) is 8.60. The predicted octanol–water partition coefficient (Wildman–Crippen LogP) is 1.95. The molecule has 4 nitrogen and oxygen atoms in total. The highest BCUT2D eigenvalue weighted by molar-refractivity contribution is 7.94. The van der Waals surface area contributed by atoms with Crippen LogP contribution in [0.1, 0.15) is 32.1 Å². The number of carboxylic acids is 1. The first kappa shape index (κ1) is 12.9. The fourth-order valence-electron chi connectivity index (χ4n) is 2.55. The van der Waals surface area contributed by atoms with Crippen LogP contribution < -0.4 is 5.73 Å². The van der Waals surface area contributed by atoms with Gasteiger partial charge in [0.25, 0.3) is 0 Å². The van der Waals surface area contributed by atoms with Crippen molar-refractivity contribution in [2.24, 2.45) is 11.7 Å². The van der Waals surface area contributed by atoms with E-state index in [2.05, 4.69) is 0 Å². The standard InChI is InChI=1S/C12H19NO3S/c13-11(12(14)15)3-4-17-16-7-10-6-8-1-2-9(10)5-8/h8,11H,1-7,13H2,(H,14,15)/t8?,11-/m0/s1. The van der Waals surface area contributed by atoms with Crippen LogP contribution in [0.4, 0.5) is 0 Å². The van der Waals surface area contributed by atoms with E-state index in [9.17, 15) is 4.79 Å². The van der Waals surface area contributed by atoms with Crippen molar-refractivity contribution in [1.82, 2.24) is 0 Å². The molecule has 2 rings (SSSR count). The van der Waals surface area contributed by atoms with Gasteiger partial charge < -0.3 is 15.0 Å². The van der Waals surface area contributed by atoms with E-state index >= 15 is 0 Å². The van der Waals surface area contributed by atoms with Crippen LogP contribution >= 0.6 is 12.0 Å². The first-order valence-electron chi connectivity index (χ1n) is 6.09. The summed E-state index contributed by atoms with van der Waals surface area (Å²) in [4.78, 5) is 10.5. The molecule has 1 saturated carbocycles. The van der Waals surface area contributed by atoms with Crippen molar-refractivity contribution in [3.05, 3.63) is 11.1 Å². The van der Waals surface area contributed by atoms with Crippen LogP contribution in [0, 0.1) is 5.92 Å². The third-order valence-electron chi connectivity index (χ3n) is 3.57. The van der Waals surface area contributed by atoms with E-state index < -0.39 is 12.0 Å². The molecule has 1 fully saturated rings. The maximum Gasteiger partial charge on any atom is 0.320 e. The molecule has 2 aliphatic carbocycles. The highest BCUT2D eigenvalue weighted by atomic mass is 32.2. The molecule has 0 amide bonds. The molecule has 96 valence electrons. The Labute approximate surface area is 106 Å². The van der Waals surface area contributed by atoms with Gasteiger partial charge in [-0.05, 0) is 55.6 Å². The van der Waals surface area contributed by atoms with E-state index in [4.69, 9.17) is 15.0 Å². The number of aliphatic carboxylic acids is 1. The topological polar surface area (TPSA) is 72.5 Å². The summed E-state index contributed by atoms with van der Waals surface area (Å²) >= 11 is 1.34. The number of hydrogen-bond donors (Lipinski definition) is 2. The molecule has 0 aliphatic heterocycles. The van der Waals surface area contributed by atoms with Gasteiger partial charge in [0.15, 0.2) is 0 Å². The van der Waals surface area contributed by atoms with E-state index in [1.54, 1.807) is 5.57 Å². The second-order valence-corrected chi connectivity index (χ2v) is 5.72. The third-order valence-corrected chi connectivity index (χ3v) is 4.26. The molecule has 0 aromatic heterocycles. The largest absolute Gasteiger partial charge is 0.480 e. The Hall–Kier alpha value is -0.520. The normalized spacial score (nSPS) is 24.4. The first-order valence-corrected chi connectivity index (χ1v) is 7.00. The smallest absolute Gasteiger partial charge is 0.320 e. The van der Waals surface area contributed by atoms with E-state index in [0.29, 0.717) is 18.8 Å². The Kier molecular flexibility index (Phi) is 4.48. The van der Waals surface area contributed by atoms with Gasteiger partial charge in [0, 0.05) is 5.75 Å². The molecule has 0 radical (unpaired) electrons. The number of rotatable bonds is 7. The molecular weight excluding hydrogens is 238 g/mol. The highest BCUT2D eigenvalue weighted by Gasteiger charge is 2.29. The van der Waals surface area contributed by atoms with Crippen molar-refractivity contribution in [1.29, 1.82) is 0 Å². The summed E-state index contributed by atoms with van der Waals surface area (Å²) < 4.78 is 5.51. The number of carbonyl (C=O) groups is 1. The van der Waals surface area contributed by atoms with Gasteiger partial charge in [-0.15, -0.1) is 0 Å². The fraction of sp³-hybridized carbons (Fsp3) is 0.750. The Morgan fingerprint density at radius 1 is 1.59 bits per heavy atom. The molecule has 5 heteroatoms. The Bertz CT molecular complexity index is 330. The molecule has 0 saturated heterocycles. The molecule has 0 heterocycles. The van der Waals surface area contributed by atoms with Crippen LogP contribution in [0.2, 0.25) is 0 Å². The molecule has 2 aliphatic rings. The second-order valence-electron chi connectivity index (χ2n) is 4.84. The molecule has 0 aromatic carbocycles. The lowest BCUT2D eigenvalue weighted by atomic mass is 10.00. The molecule has 17 heavy (non-hydrogen) atoms. The van der Waals surface area contributed by atoms with Crippen LogP contribution in [-0.2, 0) is 8.98 Å². The fourth-order valence-corrected chi connectivity index (χ4v) is 3.24. The van der Waals surface area contributed by atoms with E-state index in [1.807, 2.05) is 0 Å². The van der Waals surface area contributed by atoms with Gasteiger partial charge in [0.05, 0.1) is 6.61 Å². The minimum absolute atomic E-state index is 0.453. The summed E-state index contributed by atoms with van der Waals surface area (Å²) in [6.07, 6.45) is 5.57. The molecular formula is C12H19NO3S. The van der Waals surface area contributed by atoms with Crippen LogP contribution in [0.15, 0.2) is 11.1 Å². The number of allylic oxidation sites excluding steroid dienone is 1. The summed E-state index contributed by atoms with van der Waals surface area (Å²) in [6, 6.07) is -0.768. The minimum atomic E-state index is -0.941. The van der Waals surface area contributed by atoms with Gasteiger partial charge in [-0.3, -0.25) is 4.79 Å². The summed E-state index contributed by atoms with van der Waals surface area (Å²) in [5.74, 6) is 0.581. The third kappa shape index (κ3) is 3.47. The van der Waals surface area contributed by atoms with E-state index in [-0.39, 0.29) is 0 Å². The highest BCUT2D eigenvalue weighted by Crippen LogP contribution is 2.44. The SMILES string of the molecule is N[C@@H](CCSOCC1=C2CCC(C2)C1)C(=O)O. The van der Waals surface area contributed by atoms with Gasteiger partial charge in [0.2, 0.25) is 0 Å². The van der Waals surface area contributed by atoms with Gasteiger partial charge in [-0.2, -0.15) is 0 Å². The lowest BCUT2D eigenvalue weighted by Gasteiger charge is -2.12. The van der Waals surface area contributed by atoms with Crippen molar-refractivity contribution in [3.63, 3.8) is 0 Å². The maximum atomic E-state index is 10.5. The molecule has 2 bridgehead atoms. The zero-order valence-electron chi connectivity index (χ0n) is 9.85. The van der Waals surface area contributed by atoms with Crippen molar-refractivity contribution >= 4 is 18.0 Å². The van der Waals surface area contributed by atoms with Gasteiger partial charge >= 0.3 is 5.97 Å². The molecule has 3 N–H and O–H groups in total. The Balaban J connectivity index is 1.57. The summed E-state index contributed by atoms with van der Waals surface area (Å²) in [6.45, 7) is 0.707. The molecule has 0 spiro atoms. The zero-order valence-corrected chi connectivity index (χ0v) is 10.7. The van der Waals surface area contributed by atoms with Crippen LogP contribution in [0.3, 0.4) is 0 Å². The molecule has 1 unspecified atom stereocenters. The lowest BCUT2D eigenvalue weighted by Crippen LogP contribution is -2.30. The number of hydrogen-bond acceptors (Lipinski definition) is 4. The zero-order chi connectivity index (χ0) is 12.3. The predicted molar refractivity (Wildman–Crippen MR) is 67.6 cm³/mol. The lowest BCUT2D eigenvalue weighted by molar-refractivity contribution is -0.138. The van der Waals surface area contributed by atoms with Crippen molar-refractivity contribution in [2.75, 3.05) is 12.4 Å². The minimum Gasteiger partial charge on any atom is -0.480 e. The monoisotopic (exact) mass is 257 g/mol. The molecule has 0 aromatic rings. The average molecular weight is 257 g/mol.